The number of nitrogens with two attached hydrogens (primary N) is 1. The average Bonchev–Trinajstić information content (AvgIpc) is 2.14. The van der Waals surface area contributed by atoms with Crippen LogP contribution in [0.4, 0.5) is 0 Å². The summed E-state index contributed by atoms with van der Waals surface area (Å²) >= 11 is 0. The zero-order chi connectivity index (χ0) is 14.7. The van der Waals surface area contributed by atoms with Gasteiger partial charge in [0.1, 0.15) is 12.6 Å². The molecule has 108 valence electrons. The third kappa shape index (κ3) is 17.2. The van der Waals surface area contributed by atoms with E-state index in [0.29, 0.717) is 6.54 Å². The summed E-state index contributed by atoms with van der Waals surface area (Å²) in [7, 11) is 3.69. The number of carbonyl (C=O) groups excluding carboxylic acids is 1. The molecule has 0 aromatic rings. The molecule has 0 radical (unpaired) electrons. The van der Waals surface area contributed by atoms with E-state index in [-0.39, 0.29) is 19.4 Å². The number of hydrogen-bond acceptors (Lipinski definition) is 6. The van der Waals surface area contributed by atoms with Crippen LogP contribution in [0.2, 0.25) is 0 Å². The number of aliphatic hydroxyl groups is 2. The molecule has 0 aromatic carbocycles. The van der Waals surface area contributed by atoms with Crippen LogP contribution in [0, 0.1) is 0 Å². The van der Waals surface area contributed by atoms with Gasteiger partial charge in [0, 0.05) is 18.9 Å². The number of nitrogens with one attached hydrogen (secondary N) is 1. The van der Waals surface area contributed by atoms with Crippen molar-refractivity contribution >= 4 is 11.9 Å². The third-order valence-corrected chi connectivity index (χ3v) is 1.73. The smallest absolute Gasteiger partial charge is 0.306 e. The molecule has 0 rings (SSSR count). The third-order valence-electron chi connectivity index (χ3n) is 1.73. The summed E-state index contributed by atoms with van der Waals surface area (Å²) in [4.78, 5) is 20.7. The number of carboxylic acids is 2. The minimum Gasteiger partial charge on any atom is -0.550 e. The Morgan fingerprint density at radius 2 is 1.72 bits per heavy atom. The van der Waals surface area contributed by atoms with Crippen molar-refractivity contribution in [2.24, 2.45) is 5.73 Å². The Balaban J connectivity index is 0. The lowest BCUT2D eigenvalue weighted by Gasteiger charge is -2.13. The molecule has 0 saturated carbocycles. The zero-order valence-electron chi connectivity index (χ0n) is 10.6. The van der Waals surface area contributed by atoms with Gasteiger partial charge in [-0.25, -0.2) is 0 Å². The Bertz CT molecular complexity index is 247. The van der Waals surface area contributed by atoms with E-state index in [1.165, 1.54) is 0 Å². The van der Waals surface area contributed by atoms with E-state index in [9.17, 15) is 14.7 Å². The molecule has 0 fully saturated rings. The molecule has 0 heterocycles. The SMILES string of the molecule is C[NH+](C)C[C@H](O)CC(=O)[O-].NC[C@H](O)CC(=O)O. The predicted molar refractivity (Wildman–Crippen MR) is 60.6 cm³/mol. The molecule has 0 spiro atoms. The lowest BCUT2D eigenvalue weighted by atomic mass is 10.2. The highest BCUT2D eigenvalue weighted by Gasteiger charge is 2.07. The molecule has 0 amide bonds. The standard InChI is InChI=1S/C6H13NO3.C4H9NO3/c1-7(2)4-5(8)3-6(9)10;5-2-3(6)1-4(7)8/h5,8H,3-4H2,1-2H3,(H,9,10);3,6H,1-2,5H2,(H,7,8)/t5-;3-/m11/s1. The molecular weight excluding hydrogens is 244 g/mol. The van der Waals surface area contributed by atoms with Crippen molar-refractivity contribution in [3.8, 4) is 0 Å². The molecule has 0 aromatic heterocycles. The van der Waals surface area contributed by atoms with Crippen LogP contribution in [0.3, 0.4) is 0 Å². The number of carbonyl (C=O) groups is 2. The van der Waals surface area contributed by atoms with E-state index in [1.807, 2.05) is 14.1 Å². The maximum Gasteiger partial charge on any atom is 0.306 e. The van der Waals surface area contributed by atoms with Crippen LogP contribution in [0.1, 0.15) is 12.8 Å². The van der Waals surface area contributed by atoms with Gasteiger partial charge in [0.25, 0.3) is 0 Å². The number of carboxylic acid groups (broad SMARTS) is 2. The van der Waals surface area contributed by atoms with Gasteiger partial charge in [0.2, 0.25) is 0 Å². The summed E-state index contributed by atoms with van der Waals surface area (Å²) in [5, 5.41) is 35.4. The van der Waals surface area contributed by atoms with Crippen molar-refractivity contribution in [1.82, 2.24) is 0 Å². The molecule has 8 nitrogen and oxygen atoms in total. The van der Waals surface area contributed by atoms with Crippen LogP contribution < -0.4 is 15.7 Å². The van der Waals surface area contributed by atoms with Gasteiger partial charge in [-0.3, -0.25) is 4.79 Å². The number of quaternary nitrogens is 1. The summed E-state index contributed by atoms with van der Waals surface area (Å²) in [5.74, 6) is -2.23. The quantitative estimate of drug-likeness (QED) is 0.311. The van der Waals surface area contributed by atoms with E-state index >= 15 is 0 Å². The fraction of sp³-hybridized carbons (Fsp3) is 0.800. The first-order valence-corrected chi connectivity index (χ1v) is 5.45. The van der Waals surface area contributed by atoms with Gasteiger partial charge in [-0.2, -0.15) is 0 Å². The van der Waals surface area contributed by atoms with E-state index in [0.717, 1.165) is 4.90 Å². The molecule has 2 atom stereocenters. The molecule has 0 aliphatic carbocycles. The highest BCUT2D eigenvalue weighted by atomic mass is 16.4. The fourth-order valence-corrected chi connectivity index (χ4v) is 1.02. The van der Waals surface area contributed by atoms with Crippen LogP contribution in [0.15, 0.2) is 0 Å². The second-order valence-corrected chi connectivity index (χ2v) is 4.13. The second-order valence-electron chi connectivity index (χ2n) is 4.13. The first kappa shape index (κ1) is 19.1. The average molecular weight is 266 g/mol. The van der Waals surface area contributed by atoms with Gasteiger partial charge in [-0.05, 0) is 0 Å². The largest absolute Gasteiger partial charge is 0.550 e. The molecule has 18 heavy (non-hydrogen) atoms. The van der Waals surface area contributed by atoms with Crippen LogP contribution >= 0.6 is 0 Å². The molecule has 6 N–H and O–H groups in total. The van der Waals surface area contributed by atoms with Crippen LogP contribution in [-0.2, 0) is 9.59 Å². The number of aliphatic hydroxyl groups excluding tert-OH is 2. The van der Waals surface area contributed by atoms with Gasteiger partial charge in [-0.1, -0.05) is 0 Å². The molecule has 0 bridgehead atoms. The van der Waals surface area contributed by atoms with Crippen molar-refractivity contribution < 1.29 is 34.9 Å². The molecule has 0 unspecified atom stereocenters. The monoisotopic (exact) mass is 266 g/mol. The molecule has 0 saturated heterocycles. The number of likely N-dealkylation sites (N-methyl/N-ethyl adjacent to an activating group) is 1. The van der Waals surface area contributed by atoms with Crippen molar-refractivity contribution in [1.29, 1.82) is 0 Å². The Labute approximate surface area is 106 Å². The van der Waals surface area contributed by atoms with Crippen molar-refractivity contribution in [2.75, 3.05) is 27.2 Å². The van der Waals surface area contributed by atoms with Gasteiger partial charge in [0.05, 0.1) is 26.6 Å². The maximum atomic E-state index is 9.91. The second kappa shape index (κ2) is 10.9. The minimum atomic E-state index is -1.20. The summed E-state index contributed by atoms with van der Waals surface area (Å²) in [6.07, 6.45) is -2.22. The lowest BCUT2D eigenvalue weighted by molar-refractivity contribution is -0.861. The number of aliphatic carboxylic acids is 2. The fourth-order valence-electron chi connectivity index (χ4n) is 1.02. The Morgan fingerprint density at radius 1 is 1.22 bits per heavy atom. The lowest BCUT2D eigenvalue weighted by Crippen LogP contribution is -3.07. The molecule has 8 heteroatoms. The Morgan fingerprint density at radius 3 is 1.94 bits per heavy atom. The maximum absolute atomic E-state index is 9.91. The van der Waals surface area contributed by atoms with Gasteiger partial charge in [-0.15, -0.1) is 0 Å². The van der Waals surface area contributed by atoms with Crippen molar-refractivity contribution in [3.63, 3.8) is 0 Å². The van der Waals surface area contributed by atoms with Crippen LogP contribution in [-0.4, -0.2) is 66.7 Å². The topological polar surface area (TPSA) is 148 Å². The van der Waals surface area contributed by atoms with E-state index in [1.54, 1.807) is 0 Å². The van der Waals surface area contributed by atoms with Gasteiger partial charge < -0.3 is 35.9 Å². The van der Waals surface area contributed by atoms with Crippen molar-refractivity contribution in [3.05, 3.63) is 0 Å². The predicted octanol–water partition coefficient (Wildman–Crippen LogP) is -4.59. The normalized spacial score (nSPS) is 13.4. The first-order chi connectivity index (χ1) is 8.18. The first-order valence-electron chi connectivity index (χ1n) is 5.45. The number of rotatable bonds is 7. The van der Waals surface area contributed by atoms with Crippen LogP contribution in [0.25, 0.3) is 0 Å². The highest BCUT2D eigenvalue weighted by molar-refractivity contribution is 5.67. The van der Waals surface area contributed by atoms with E-state index in [2.05, 4.69) is 0 Å². The Hall–Kier alpha value is -1.22. The molecular formula is C10H22N2O6. The summed E-state index contributed by atoms with van der Waals surface area (Å²) in [5.41, 5.74) is 4.91. The summed E-state index contributed by atoms with van der Waals surface area (Å²) in [6, 6.07) is 0. The van der Waals surface area contributed by atoms with E-state index < -0.39 is 24.1 Å². The summed E-state index contributed by atoms with van der Waals surface area (Å²) < 4.78 is 0. The zero-order valence-corrected chi connectivity index (χ0v) is 10.6. The van der Waals surface area contributed by atoms with Gasteiger partial charge >= 0.3 is 5.97 Å². The van der Waals surface area contributed by atoms with E-state index in [4.69, 9.17) is 21.1 Å². The summed E-state index contributed by atoms with van der Waals surface area (Å²) in [6.45, 7) is 0.445. The highest BCUT2D eigenvalue weighted by Crippen LogP contribution is 1.86. The number of hydrogen-bond donors (Lipinski definition) is 5. The Kier molecular flexibility index (Phi) is 11.6. The minimum absolute atomic E-state index is 0.00625. The van der Waals surface area contributed by atoms with Gasteiger partial charge in [0.15, 0.2) is 0 Å². The molecule has 0 aliphatic heterocycles. The van der Waals surface area contributed by atoms with Crippen molar-refractivity contribution in [2.45, 2.75) is 25.0 Å². The molecule has 0 aliphatic rings. The van der Waals surface area contributed by atoms with Crippen LogP contribution in [0.5, 0.6) is 0 Å².